The van der Waals surface area contributed by atoms with Crippen molar-refractivity contribution in [2.75, 3.05) is 0 Å². The Morgan fingerprint density at radius 1 is 1.53 bits per heavy atom. The summed E-state index contributed by atoms with van der Waals surface area (Å²) < 4.78 is 0.982. The minimum Gasteiger partial charge on any atom is -0.480 e. The van der Waals surface area contributed by atoms with Crippen molar-refractivity contribution in [1.82, 2.24) is 4.98 Å². The highest BCUT2D eigenvalue weighted by atomic mass is 79.9. The van der Waals surface area contributed by atoms with E-state index < -0.39 is 12.0 Å². The predicted molar refractivity (Wildman–Crippen MR) is 68.9 cm³/mol. The van der Waals surface area contributed by atoms with Crippen molar-refractivity contribution < 1.29 is 15.4 Å². The first-order valence-corrected chi connectivity index (χ1v) is 5.61. The number of carboxylic acids is 1. The smallest absolute Gasteiger partial charge is 0.320 e. The standard InChI is InChI=1S/C11H11BrN2O2.H2O/c12-7-1-2-8-6(3-9(13)11(15)16)5-14-10(8)4-7;/h1-2,4-5,9,14H,3,13H2,(H,15,16);1H2/t9-;/m0./s1. The molecular weight excluding hydrogens is 288 g/mol. The number of aromatic amines is 1. The molecule has 0 aliphatic heterocycles. The summed E-state index contributed by atoms with van der Waals surface area (Å²) in [5.41, 5.74) is 7.41. The number of carbonyl (C=O) groups is 1. The molecule has 5 nitrogen and oxygen atoms in total. The number of aromatic nitrogens is 1. The third kappa shape index (κ3) is 2.85. The number of fused-ring (bicyclic) bond motifs is 1. The molecule has 0 saturated heterocycles. The van der Waals surface area contributed by atoms with E-state index in [1.807, 2.05) is 18.2 Å². The number of hydrogen-bond donors (Lipinski definition) is 3. The second kappa shape index (κ2) is 5.31. The van der Waals surface area contributed by atoms with Crippen LogP contribution in [0, 0.1) is 0 Å². The van der Waals surface area contributed by atoms with E-state index in [2.05, 4.69) is 20.9 Å². The summed E-state index contributed by atoms with van der Waals surface area (Å²) >= 11 is 3.38. The van der Waals surface area contributed by atoms with Crippen molar-refractivity contribution in [3.63, 3.8) is 0 Å². The van der Waals surface area contributed by atoms with Gasteiger partial charge in [-0.05, 0) is 17.7 Å². The fourth-order valence-electron chi connectivity index (χ4n) is 1.65. The predicted octanol–water partition coefficient (Wildman–Crippen LogP) is 1.06. The van der Waals surface area contributed by atoms with Gasteiger partial charge in [0.2, 0.25) is 0 Å². The lowest BCUT2D eigenvalue weighted by Gasteiger charge is -2.04. The Hall–Kier alpha value is -1.37. The van der Waals surface area contributed by atoms with Crippen molar-refractivity contribution in [2.45, 2.75) is 12.5 Å². The van der Waals surface area contributed by atoms with Crippen LogP contribution < -0.4 is 5.73 Å². The van der Waals surface area contributed by atoms with Crippen LogP contribution in [0.5, 0.6) is 0 Å². The van der Waals surface area contributed by atoms with E-state index in [1.165, 1.54) is 0 Å². The number of halogens is 1. The van der Waals surface area contributed by atoms with Gasteiger partial charge in [0.05, 0.1) is 0 Å². The molecule has 0 amide bonds. The van der Waals surface area contributed by atoms with Gasteiger partial charge in [-0.2, -0.15) is 0 Å². The summed E-state index contributed by atoms with van der Waals surface area (Å²) in [7, 11) is 0. The maximum atomic E-state index is 10.7. The van der Waals surface area contributed by atoms with Crippen LogP contribution in [0.2, 0.25) is 0 Å². The Bertz CT molecular complexity index is 538. The van der Waals surface area contributed by atoms with Crippen LogP contribution in [-0.2, 0) is 11.2 Å². The molecule has 2 aromatic rings. The zero-order valence-electron chi connectivity index (χ0n) is 8.90. The summed E-state index contributed by atoms with van der Waals surface area (Å²) in [4.78, 5) is 13.8. The highest BCUT2D eigenvalue weighted by Crippen LogP contribution is 2.23. The Balaban J connectivity index is 0.00000144. The lowest BCUT2D eigenvalue weighted by atomic mass is 10.1. The third-order valence-corrected chi connectivity index (χ3v) is 2.98. The van der Waals surface area contributed by atoms with E-state index in [0.29, 0.717) is 6.42 Å². The van der Waals surface area contributed by atoms with Gasteiger partial charge in [0.15, 0.2) is 0 Å². The van der Waals surface area contributed by atoms with Crippen molar-refractivity contribution in [2.24, 2.45) is 5.73 Å². The molecule has 0 saturated carbocycles. The van der Waals surface area contributed by atoms with Gasteiger partial charge in [-0.1, -0.05) is 22.0 Å². The van der Waals surface area contributed by atoms with E-state index >= 15 is 0 Å². The van der Waals surface area contributed by atoms with E-state index in [-0.39, 0.29) is 5.48 Å². The molecule has 6 heteroatoms. The van der Waals surface area contributed by atoms with Crippen molar-refractivity contribution >= 4 is 32.8 Å². The number of hydrogen-bond acceptors (Lipinski definition) is 2. The molecule has 1 aromatic carbocycles. The molecule has 1 aromatic heterocycles. The molecule has 2 rings (SSSR count). The van der Waals surface area contributed by atoms with Crippen molar-refractivity contribution in [1.29, 1.82) is 0 Å². The summed E-state index contributed by atoms with van der Waals surface area (Å²) in [6.45, 7) is 0. The van der Waals surface area contributed by atoms with Gasteiger partial charge >= 0.3 is 5.97 Å². The number of benzene rings is 1. The van der Waals surface area contributed by atoms with Gasteiger partial charge in [-0.3, -0.25) is 4.79 Å². The highest BCUT2D eigenvalue weighted by Gasteiger charge is 2.14. The lowest BCUT2D eigenvalue weighted by molar-refractivity contribution is -0.138. The Kier molecular flexibility index (Phi) is 4.28. The zero-order valence-corrected chi connectivity index (χ0v) is 10.5. The molecule has 0 spiro atoms. The number of aliphatic carboxylic acids is 1. The zero-order chi connectivity index (χ0) is 11.7. The van der Waals surface area contributed by atoms with E-state index in [0.717, 1.165) is 20.9 Å². The maximum Gasteiger partial charge on any atom is 0.320 e. The first-order valence-electron chi connectivity index (χ1n) is 4.82. The SMILES string of the molecule is N[C@@H](Cc1c[nH]c2cc(Br)ccc12)C(=O)O.O. The van der Waals surface area contributed by atoms with Crippen LogP contribution >= 0.6 is 15.9 Å². The number of nitrogens with two attached hydrogens (primary N) is 1. The molecule has 0 fully saturated rings. The van der Waals surface area contributed by atoms with Crippen LogP contribution in [0.25, 0.3) is 10.9 Å². The molecule has 0 aliphatic carbocycles. The summed E-state index contributed by atoms with van der Waals surface area (Å²) in [5.74, 6) is -0.980. The number of H-pyrrole nitrogens is 1. The Labute approximate surface area is 106 Å². The monoisotopic (exact) mass is 300 g/mol. The molecule has 92 valence electrons. The van der Waals surface area contributed by atoms with Gasteiger partial charge in [-0.15, -0.1) is 0 Å². The van der Waals surface area contributed by atoms with Crippen LogP contribution in [0.1, 0.15) is 5.56 Å². The fraction of sp³-hybridized carbons (Fsp3) is 0.182. The first kappa shape index (κ1) is 13.7. The average molecular weight is 301 g/mol. The molecular formula is C11H13BrN2O3. The molecule has 1 heterocycles. The minimum absolute atomic E-state index is 0. The molecule has 1 atom stereocenters. The Morgan fingerprint density at radius 2 is 2.24 bits per heavy atom. The first-order chi connectivity index (χ1) is 7.58. The highest BCUT2D eigenvalue weighted by molar-refractivity contribution is 9.10. The summed E-state index contributed by atoms with van der Waals surface area (Å²) in [5, 5.41) is 9.77. The maximum absolute atomic E-state index is 10.7. The summed E-state index contributed by atoms with van der Waals surface area (Å²) in [6.07, 6.45) is 2.14. The minimum atomic E-state index is -0.980. The largest absolute Gasteiger partial charge is 0.480 e. The van der Waals surface area contributed by atoms with Gasteiger partial charge in [-0.25, -0.2) is 0 Å². The fourth-order valence-corrected chi connectivity index (χ4v) is 2.01. The second-order valence-electron chi connectivity index (χ2n) is 3.65. The van der Waals surface area contributed by atoms with Crippen molar-refractivity contribution in [3.8, 4) is 0 Å². The van der Waals surface area contributed by atoms with Crippen molar-refractivity contribution in [3.05, 3.63) is 34.4 Å². The number of nitrogens with one attached hydrogen (secondary N) is 1. The molecule has 17 heavy (non-hydrogen) atoms. The van der Waals surface area contributed by atoms with Crippen LogP contribution in [0.4, 0.5) is 0 Å². The van der Waals surface area contributed by atoms with Crippen LogP contribution in [0.15, 0.2) is 28.9 Å². The Morgan fingerprint density at radius 3 is 2.88 bits per heavy atom. The second-order valence-corrected chi connectivity index (χ2v) is 4.57. The lowest BCUT2D eigenvalue weighted by Crippen LogP contribution is -2.32. The molecule has 0 bridgehead atoms. The van der Waals surface area contributed by atoms with Gasteiger partial charge in [0.1, 0.15) is 6.04 Å². The van der Waals surface area contributed by atoms with Gasteiger partial charge < -0.3 is 21.3 Å². The van der Waals surface area contributed by atoms with Crippen LogP contribution in [-0.4, -0.2) is 27.6 Å². The van der Waals surface area contributed by atoms with Crippen LogP contribution in [0.3, 0.4) is 0 Å². The molecule has 0 unspecified atom stereocenters. The number of rotatable bonds is 3. The van der Waals surface area contributed by atoms with Gasteiger partial charge in [0.25, 0.3) is 0 Å². The molecule has 0 aliphatic rings. The molecule has 0 radical (unpaired) electrons. The molecule has 6 N–H and O–H groups in total. The quantitative estimate of drug-likeness (QED) is 0.788. The topological polar surface area (TPSA) is 111 Å². The summed E-state index contributed by atoms with van der Waals surface area (Å²) in [6, 6.07) is 4.96. The van der Waals surface area contributed by atoms with Gasteiger partial charge in [0, 0.05) is 28.0 Å². The van der Waals surface area contributed by atoms with E-state index in [9.17, 15) is 4.79 Å². The number of carboxylic acid groups (broad SMARTS) is 1. The van der Waals surface area contributed by atoms with E-state index in [4.69, 9.17) is 10.8 Å². The third-order valence-electron chi connectivity index (χ3n) is 2.49. The van der Waals surface area contributed by atoms with E-state index in [1.54, 1.807) is 6.20 Å². The average Bonchev–Trinajstić information content (AvgIpc) is 2.60. The normalized spacial score (nSPS) is 12.1.